The van der Waals surface area contributed by atoms with E-state index in [9.17, 15) is 19.2 Å². The van der Waals surface area contributed by atoms with Gasteiger partial charge in [-0.15, -0.1) is 0 Å². The summed E-state index contributed by atoms with van der Waals surface area (Å²) >= 11 is 0. The molecular formula is C51H48N8O6. The van der Waals surface area contributed by atoms with Crippen LogP contribution in [0.1, 0.15) is 57.3 Å². The number of nitrogens with one attached hydrogen (secondary N) is 6. The lowest BCUT2D eigenvalue weighted by Gasteiger charge is -2.10. The molecule has 6 amide bonds. The number of rotatable bonds is 18. The molecule has 0 bridgehead atoms. The first-order chi connectivity index (χ1) is 31.7. The smallest absolute Gasteiger partial charge is 0.411 e. The van der Waals surface area contributed by atoms with Gasteiger partial charge in [-0.25, -0.2) is 19.2 Å². The van der Waals surface area contributed by atoms with Crippen LogP contribution in [0, 0.1) is 22.7 Å². The molecule has 0 aromatic heterocycles. The van der Waals surface area contributed by atoms with E-state index in [2.05, 4.69) is 44.0 Å². The third kappa shape index (κ3) is 16.0. The lowest BCUT2D eigenvalue weighted by molar-refractivity contribution is 0.159. The van der Waals surface area contributed by atoms with Crippen molar-refractivity contribution in [3.63, 3.8) is 0 Å². The predicted molar refractivity (Wildman–Crippen MR) is 250 cm³/mol. The molecule has 0 aliphatic carbocycles. The van der Waals surface area contributed by atoms with Crippen LogP contribution in [-0.2, 0) is 28.7 Å². The number of carbonyl (C=O) groups excluding carboxylic acids is 4. The second kappa shape index (κ2) is 24.1. The van der Waals surface area contributed by atoms with Crippen molar-refractivity contribution < 1.29 is 28.7 Å². The monoisotopic (exact) mass is 868 g/mol. The average Bonchev–Trinajstić information content (AvgIpc) is 3.32. The Hall–Kier alpha value is -8.62. The number of nitrogens with zero attached hydrogens (tertiary/aromatic N) is 2. The van der Waals surface area contributed by atoms with Gasteiger partial charge in [-0.2, -0.15) is 10.5 Å². The summed E-state index contributed by atoms with van der Waals surface area (Å²) in [6.07, 6.45) is 1.77. The molecule has 328 valence electrons. The highest BCUT2D eigenvalue weighted by Gasteiger charge is 2.08. The zero-order valence-electron chi connectivity index (χ0n) is 35.6. The summed E-state index contributed by atoms with van der Waals surface area (Å²) in [4.78, 5) is 49.3. The normalized spacial score (nSPS) is 10.3. The van der Waals surface area contributed by atoms with Crippen molar-refractivity contribution >= 4 is 47.0 Å². The molecule has 0 saturated heterocycles. The maximum absolute atomic E-state index is 12.4. The largest absolute Gasteiger partial charge is 0.449 e. The molecule has 6 N–H and O–H groups in total. The van der Waals surface area contributed by atoms with E-state index in [0.29, 0.717) is 79.1 Å². The van der Waals surface area contributed by atoms with Gasteiger partial charge in [0.15, 0.2) is 0 Å². The van der Waals surface area contributed by atoms with Gasteiger partial charge in [-0.3, -0.25) is 10.6 Å². The van der Waals surface area contributed by atoms with E-state index in [0.717, 1.165) is 33.4 Å². The third-order valence-electron chi connectivity index (χ3n) is 9.89. The van der Waals surface area contributed by atoms with E-state index in [-0.39, 0.29) is 25.3 Å². The zero-order chi connectivity index (χ0) is 45.6. The lowest BCUT2D eigenvalue weighted by Crippen LogP contribution is -2.30. The second-order valence-corrected chi connectivity index (χ2v) is 14.9. The molecule has 0 unspecified atom stereocenters. The molecule has 0 saturated carbocycles. The van der Waals surface area contributed by atoms with Gasteiger partial charge in [-0.1, -0.05) is 72.8 Å². The van der Waals surface area contributed by atoms with Crippen molar-refractivity contribution in [1.29, 1.82) is 10.5 Å². The number of carbonyl (C=O) groups is 4. The fourth-order valence-electron chi connectivity index (χ4n) is 6.46. The summed E-state index contributed by atoms with van der Waals surface area (Å²) in [5.74, 6) is 0. The third-order valence-corrected chi connectivity index (χ3v) is 9.89. The number of nitriles is 2. The maximum atomic E-state index is 12.4. The molecular weight excluding hydrogens is 821 g/mol. The van der Waals surface area contributed by atoms with Crippen molar-refractivity contribution in [2.45, 2.75) is 32.1 Å². The molecule has 0 spiro atoms. The minimum absolute atomic E-state index is 0.129. The van der Waals surface area contributed by atoms with Crippen molar-refractivity contribution in [2.24, 2.45) is 0 Å². The van der Waals surface area contributed by atoms with Gasteiger partial charge in [0, 0.05) is 35.8 Å². The van der Waals surface area contributed by atoms with Crippen LogP contribution in [0.3, 0.4) is 0 Å². The highest BCUT2D eigenvalue weighted by Crippen LogP contribution is 2.18. The van der Waals surface area contributed by atoms with E-state index < -0.39 is 12.2 Å². The minimum atomic E-state index is -0.581. The van der Waals surface area contributed by atoms with Crippen LogP contribution < -0.4 is 31.9 Å². The number of anilines is 4. The van der Waals surface area contributed by atoms with Crippen molar-refractivity contribution in [3.05, 3.63) is 190 Å². The number of urea groups is 2. The van der Waals surface area contributed by atoms with Gasteiger partial charge in [0.2, 0.25) is 0 Å². The van der Waals surface area contributed by atoms with Crippen LogP contribution in [0.4, 0.5) is 41.9 Å². The van der Waals surface area contributed by atoms with E-state index >= 15 is 0 Å². The quantitative estimate of drug-likeness (QED) is 0.0458. The van der Waals surface area contributed by atoms with E-state index in [4.69, 9.17) is 20.0 Å². The highest BCUT2D eigenvalue weighted by molar-refractivity contribution is 5.90. The van der Waals surface area contributed by atoms with Gasteiger partial charge >= 0.3 is 24.2 Å². The number of ether oxygens (including phenoxy) is 2. The Morgan fingerprint density at radius 3 is 0.923 bits per heavy atom. The highest BCUT2D eigenvalue weighted by atomic mass is 16.6. The summed E-state index contributed by atoms with van der Waals surface area (Å²) in [5.41, 5.74) is 10.1. The van der Waals surface area contributed by atoms with Crippen LogP contribution in [0.5, 0.6) is 0 Å². The SMILES string of the molecule is N#Cc1ccc(Cc2ccc(NC(=O)OCCCNC(=O)Nc3ccc(Cc4ccc(NC(=O)NCCCOC(=O)Nc5ccc(Cc6ccc(C#N)cc6)cc5)cc4)cc3)cc2)cc1. The first-order valence-corrected chi connectivity index (χ1v) is 21.0. The van der Waals surface area contributed by atoms with Crippen molar-refractivity contribution in [3.8, 4) is 12.1 Å². The van der Waals surface area contributed by atoms with Gasteiger partial charge in [0.25, 0.3) is 0 Å². The zero-order valence-corrected chi connectivity index (χ0v) is 35.6. The fourth-order valence-corrected chi connectivity index (χ4v) is 6.46. The molecule has 0 atom stereocenters. The molecule has 0 aliphatic rings. The molecule has 6 aromatic rings. The van der Waals surface area contributed by atoms with Crippen LogP contribution >= 0.6 is 0 Å². The molecule has 65 heavy (non-hydrogen) atoms. The lowest BCUT2D eigenvalue weighted by atomic mass is 10.0. The Labute approximate surface area is 377 Å². The predicted octanol–water partition coefficient (Wildman–Crippen LogP) is 9.72. The molecule has 6 rings (SSSR count). The van der Waals surface area contributed by atoms with E-state index in [1.165, 1.54) is 0 Å². The molecule has 0 heterocycles. The van der Waals surface area contributed by atoms with Gasteiger partial charge < -0.3 is 30.7 Å². The van der Waals surface area contributed by atoms with E-state index in [1.807, 2.05) is 97.1 Å². The summed E-state index contributed by atoms with van der Waals surface area (Å²) < 4.78 is 10.5. The Morgan fingerprint density at radius 2 is 0.646 bits per heavy atom. The molecule has 14 nitrogen and oxygen atoms in total. The van der Waals surface area contributed by atoms with Gasteiger partial charge in [-0.05, 0) is 138 Å². The summed E-state index contributed by atoms with van der Waals surface area (Å²) in [7, 11) is 0. The molecule has 0 fully saturated rings. The van der Waals surface area contributed by atoms with Crippen LogP contribution in [0.25, 0.3) is 0 Å². The number of benzene rings is 6. The first-order valence-electron chi connectivity index (χ1n) is 21.0. The Bertz CT molecular complexity index is 2400. The molecule has 14 heteroatoms. The first kappa shape index (κ1) is 45.9. The Kier molecular flexibility index (Phi) is 17.0. The summed E-state index contributed by atoms with van der Waals surface area (Å²) in [6.45, 7) is 0.878. The molecule has 0 radical (unpaired) electrons. The van der Waals surface area contributed by atoms with Crippen LogP contribution in [-0.4, -0.2) is 50.6 Å². The molecule has 6 aromatic carbocycles. The topological polar surface area (TPSA) is 206 Å². The molecule has 0 aliphatic heterocycles. The standard InChI is InChI=1S/C51H48N8O6/c52-34-42-7-3-36(4-8-42)31-40-15-23-46(24-16-40)58-50(62)64-29-1-27-54-48(60)56-44-19-11-38(12-20-44)33-39-13-21-45(22-14-39)57-49(61)55-28-2-30-65-51(63)59-47-25-17-41(18-26-47)32-37-5-9-43(35-53)10-6-37/h3-26H,1-2,27-33H2,(H,58,62)(H,59,63)(H2,54,56,60)(H2,55,57,61). The maximum Gasteiger partial charge on any atom is 0.411 e. The van der Waals surface area contributed by atoms with E-state index in [1.54, 1.807) is 48.5 Å². The summed E-state index contributed by atoms with van der Waals surface area (Å²) in [5, 5.41) is 34.4. The Balaban J connectivity index is 0.784. The Morgan fingerprint density at radius 1 is 0.385 bits per heavy atom. The van der Waals surface area contributed by atoms with Gasteiger partial charge in [0.05, 0.1) is 36.5 Å². The van der Waals surface area contributed by atoms with Gasteiger partial charge in [0.1, 0.15) is 0 Å². The van der Waals surface area contributed by atoms with Crippen molar-refractivity contribution in [1.82, 2.24) is 10.6 Å². The van der Waals surface area contributed by atoms with Crippen LogP contribution in [0.15, 0.2) is 146 Å². The van der Waals surface area contributed by atoms with Crippen molar-refractivity contribution in [2.75, 3.05) is 47.6 Å². The second-order valence-electron chi connectivity index (χ2n) is 14.9. The summed E-state index contributed by atoms with van der Waals surface area (Å²) in [6, 6.07) is 48.2. The number of amides is 6. The minimum Gasteiger partial charge on any atom is -0.449 e. The number of hydrogen-bond donors (Lipinski definition) is 6. The van der Waals surface area contributed by atoms with Crippen LogP contribution in [0.2, 0.25) is 0 Å². The fraction of sp³-hybridized carbons (Fsp3) is 0.176. The average molecular weight is 869 g/mol. The number of hydrogen-bond acceptors (Lipinski definition) is 8.